The standard InChI is InChI=1S/C18H23N3O5S/c1-12-17(14(3)26-19-12)27(23,24)20-13(2)18(22)21-9-10-25-16(11-21)15-7-5-4-6-8-15/h4-8,13,16,20H,9-11H2,1-3H3/t13-,16?/m0/s1. The monoisotopic (exact) mass is 393 g/mol. The normalized spacial score (nSPS) is 19.1. The Kier molecular flexibility index (Phi) is 5.64. The van der Waals surface area contributed by atoms with E-state index in [0.717, 1.165) is 5.56 Å². The van der Waals surface area contributed by atoms with Crippen LogP contribution in [0.1, 0.15) is 30.0 Å². The molecule has 0 aliphatic carbocycles. The van der Waals surface area contributed by atoms with Gasteiger partial charge >= 0.3 is 0 Å². The number of sulfonamides is 1. The molecule has 27 heavy (non-hydrogen) atoms. The molecule has 3 rings (SSSR count). The summed E-state index contributed by atoms with van der Waals surface area (Å²) in [4.78, 5) is 14.4. The van der Waals surface area contributed by atoms with Crippen LogP contribution in [-0.2, 0) is 19.6 Å². The Morgan fingerprint density at radius 1 is 1.30 bits per heavy atom. The lowest BCUT2D eigenvalue weighted by Crippen LogP contribution is -2.51. The minimum atomic E-state index is -3.91. The van der Waals surface area contributed by atoms with Gasteiger partial charge in [-0.25, -0.2) is 8.42 Å². The van der Waals surface area contributed by atoms with Gasteiger partial charge in [0.2, 0.25) is 15.9 Å². The number of aromatic nitrogens is 1. The number of benzene rings is 1. The Morgan fingerprint density at radius 2 is 2.00 bits per heavy atom. The van der Waals surface area contributed by atoms with Crippen molar-refractivity contribution >= 4 is 15.9 Å². The summed E-state index contributed by atoms with van der Waals surface area (Å²) in [6.45, 7) is 5.79. The number of morpholine rings is 1. The van der Waals surface area contributed by atoms with E-state index < -0.39 is 16.1 Å². The van der Waals surface area contributed by atoms with Crippen molar-refractivity contribution in [3.8, 4) is 0 Å². The zero-order valence-corrected chi connectivity index (χ0v) is 16.3. The smallest absolute Gasteiger partial charge is 0.246 e. The number of carbonyl (C=O) groups excluding carboxylic acids is 1. The number of rotatable bonds is 5. The zero-order chi connectivity index (χ0) is 19.6. The first-order valence-electron chi connectivity index (χ1n) is 8.70. The summed E-state index contributed by atoms with van der Waals surface area (Å²) in [5.74, 6) is -0.107. The molecular weight excluding hydrogens is 370 g/mol. The number of carbonyl (C=O) groups is 1. The average Bonchev–Trinajstić information content (AvgIpc) is 3.00. The Balaban J connectivity index is 1.70. The van der Waals surface area contributed by atoms with Crippen molar-refractivity contribution in [3.63, 3.8) is 0 Å². The van der Waals surface area contributed by atoms with Gasteiger partial charge in [-0.05, 0) is 26.3 Å². The van der Waals surface area contributed by atoms with Gasteiger partial charge in [-0.2, -0.15) is 4.72 Å². The van der Waals surface area contributed by atoms with Crippen LogP contribution in [-0.4, -0.2) is 50.1 Å². The van der Waals surface area contributed by atoms with Crippen LogP contribution in [0.2, 0.25) is 0 Å². The van der Waals surface area contributed by atoms with Gasteiger partial charge in [-0.15, -0.1) is 0 Å². The summed E-state index contributed by atoms with van der Waals surface area (Å²) in [6.07, 6.45) is -0.227. The minimum absolute atomic E-state index is 0.0220. The summed E-state index contributed by atoms with van der Waals surface area (Å²) >= 11 is 0. The molecule has 9 heteroatoms. The van der Waals surface area contributed by atoms with E-state index in [1.54, 1.807) is 11.8 Å². The summed E-state index contributed by atoms with van der Waals surface area (Å²) in [5.41, 5.74) is 1.24. The highest BCUT2D eigenvalue weighted by Crippen LogP contribution is 2.23. The molecule has 1 N–H and O–H groups in total. The van der Waals surface area contributed by atoms with Crippen LogP contribution in [0.15, 0.2) is 39.8 Å². The average molecular weight is 393 g/mol. The third-order valence-corrected chi connectivity index (χ3v) is 6.27. The van der Waals surface area contributed by atoms with Gasteiger partial charge < -0.3 is 14.2 Å². The van der Waals surface area contributed by atoms with Crippen LogP contribution in [0, 0.1) is 13.8 Å². The highest BCUT2D eigenvalue weighted by molar-refractivity contribution is 7.89. The third kappa shape index (κ3) is 4.20. The molecule has 2 atom stereocenters. The maximum absolute atomic E-state index is 12.8. The van der Waals surface area contributed by atoms with Crippen LogP contribution < -0.4 is 4.72 Å². The van der Waals surface area contributed by atoms with Crippen LogP contribution in [0.25, 0.3) is 0 Å². The maximum atomic E-state index is 12.8. The highest BCUT2D eigenvalue weighted by atomic mass is 32.2. The van der Waals surface area contributed by atoms with Crippen molar-refractivity contribution in [2.75, 3.05) is 19.7 Å². The number of hydrogen-bond donors (Lipinski definition) is 1. The Labute approximate surface area is 158 Å². The van der Waals surface area contributed by atoms with Crippen molar-refractivity contribution < 1.29 is 22.5 Å². The van der Waals surface area contributed by atoms with Crippen LogP contribution >= 0.6 is 0 Å². The number of ether oxygens (including phenoxy) is 1. The van der Waals surface area contributed by atoms with Gasteiger partial charge in [-0.3, -0.25) is 4.79 Å². The molecule has 1 aromatic carbocycles. The second-order valence-electron chi connectivity index (χ2n) is 6.55. The first-order valence-corrected chi connectivity index (χ1v) is 10.2. The second kappa shape index (κ2) is 7.79. The molecule has 0 radical (unpaired) electrons. The largest absolute Gasteiger partial charge is 0.370 e. The molecule has 2 heterocycles. The van der Waals surface area contributed by atoms with Crippen molar-refractivity contribution in [3.05, 3.63) is 47.3 Å². The van der Waals surface area contributed by atoms with E-state index in [-0.39, 0.29) is 28.4 Å². The molecule has 0 bridgehead atoms. The van der Waals surface area contributed by atoms with Gasteiger partial charge in [0.1, 0.15) is 16.7 Å². The molecule has 1 amide bonds. The Morgan fingerprint density at radius 3 is 2.63 bits per heavy atom. The zero-order valence-electron chi connectivity index (χ0n) is 15.5. The second-order valence-corrected chi connectivity index (χ2v) is 8.20. The van der Waals surface area contributed by atoms with E-state index in [9.17, 15) is 13.2 Å². The minimum Gasteiger partial charge on any atom is -0.370 e. The van der Waals surface area contributed by atoms with Crippen molar-refractivity contribution in [1.29, 1.82) is 0 Å². The van der Waals surface area contributed by atoms with Crippen molar-refractivity contribution in [2.45, 2.75) is 37.8 Å². The molecule has 1 fully saturated rings. The van der Waals surface area contributed by atoms with Gasteiger partial charge in [0.15, 0.2) is 5.76 Å². The Bertz CT molecular complexity index is 891. The lowest BCUT2D eigenvalue weighted by atomic mass is 10.1. The molecule has 1 aliphatic heterocycles. The van der Waals surface area contributed by atoms with Crippen LogP contribution in [0.5, 0.6) is 0 Å². The van der Waals surface area contributed by atoms with Crippen molar-refractivity contribution in [2.24, 2.45) is 0 Å². The molecule has 8 nitrogen and oxygen atoms in total. The fourth-order valence-corrected chi connectivity index (χ4v) is 4.72. The molecule has 1 aliphatic rings. The quantitative estimate of drug-likeness (QED) is 0.827. The number of nitrogens with one attached hydrogen (secondary N) is 1. The molecule has 2 aromatic rings. The third-order valence-electron chi connectivity index (χ3n) is 4.49. The van der Waals surface area contributed by atoms with Crippen molar-refractivity contribution in [1.82, 2.24) is 14.8 Å². The molecule has 0 saturated carbocycles. The van der Waals surface area contributed by atoms with E-state index in [1.807, 2.05) is 30.3 Å². The van der Waals surface area contributed by atoms with Gasteiger partial charge in [0.25, 0.3) is 0 Å². The lowest BCUT2D eigenvalue weighted by Gasteiger charge is -2.34. The van der Waals surface area contributed by atoms with E-state index in [4.69, 9.17) is 9.26 Å². The van der Waals surface area contributed by atoms with E-state index in [1.165, 1.54) is 13.8 Å². The Hall–Kier alpha value is -2.23. The fraction of sp³-hybridized carbons (Fsp3) is 0.444. The number of amides is 1. The highest BCUT2D eigenvalue weighted by Gasteiger charge is 2.32. The lowest BCUT2D eigenvalue weighted by molar-refractivity contribution is -0.140. The number of nitrogens with zero attached hydrogens (tertiary/aromatic N) is 2. The SMILES string of the molecule is Cc1noc(C)c1S(=O)(=O)N[C@@H](C)C(=O)N1CCOC(c2ccccc2)C1. The summed E-state index contributed by atoms with van der Waals surface area (Å²) < 4.78 is 38.3. The topological polar surface area (TPSA) is 102 Å². The molecule has 0 spiro atoms. The summed E-state index contributed by atoms with van der Waals surface area (Å²) in [6, 6.07) is 8.73. The molecule has 1 saturated heterocycles. The summed E-state index contributed by atoms with van der Waals surface area (Å²) in [7, 11) is -3.91. The van der Waals surface area contributed by atoms with E-state index >= 15 is 0 Å². The maximum Gasteiger partial charge on any atom is 0.246 e. The molecular formula is C18H23N3O5S. The molecule has 146 valence electrons. The van der Waals surface area contributed by atoms with Crippen LogP contribution in [0.4, 0.5) is 0 Å². The number of aryl methyl sites for hydroxylation is 2. The van der Waals surface area contributed by atoms with Gasteiger partial charge in [0.05, 0.1) is 19.2 Å². The predicted octanol–water partition coefficient (Wildman–Crippen LogP) is 1.56. The van der Waals surface area contributed by atoms with Gasteiger partial charge in [-0.1, -0.05) is 35.5 Å². The van der Waals surface area contributed by atoms with E-state index in [2.05, 4.69) is 9.88 Å². The van der Waals surface area contributed by atoms with Gasteiger partial charge in [0, 0.05) is 6.54 Å². The van der Waals surface area contributed by atoms with Crippen LogP contribution in [0.3, 0.4) is 0 Å². The first kappa shape index (κ1) is 19.5. The molecule has 1 unspecified atom stereocenters. The first-order chi connectivity index (χ1) is 12.8. The fourth-order valence-electron chi connectivity index (χ4n) is 3.19. The molecule has 1 aromatic heterocycles. The predicted molar refractivity (Wildman–Crippen MR) is 97.5 cm³/mol. The summed E-state index contributed by atoms with van der Waals surface area (Å²) in [5, 5.41) is 3.66. The number of hydrogen-bond acceptors (Lipinski definition) is 6. The van der Waals surface area contributed by atoms with E-state index in [0.29, 0.717) is 19.7 Å².